The van der Waals surface area contributed by atoms with Crippen LogP contribution < -0.4 is 5.32 Å². The van der Waals surface area contributed by atoms with Gasteiger partial charge in [0.2, 0.25) is 5.69 Å². The topological polar surface area (TPSA) is 108 Å². The number of amides is 1. The first kappa shape index (κ1) is 13.7. The van der Waals surface area contributed by atoms with E-state index < -0.39 is 10.8 Å². The highest BCUT2D eigenvalue weighted by molar-refractivity contribution is 6.05. The van der Waals surface area contributed by atoms with E-state index in [4.69, 9.17) is 0 Å². The molecule has 2 aromatic rings. The lowest BCUT2D eigenvalue weighted by atomic mass is 10.3. The van der Waals surface area contributed by atoms with Crippen LogP contribution in [-0.4, -0.2) is 30.4 Å². The van der Waals surface area contributed by atoms with Crippen LogP contribution in [0.15, 0.2) is 12.4 Å². The maximum Gasteiger partial charge on any atom is 0.320 e. The van der Waals surface area contributed by atoms with Gasteiger partial charge in [0, 0.05) is 19.8 Å². The molecular weight excluding hydrogens is 264 g/mol. The van der Waals surface area contributed by atoms with E-state index in [1.165, 1.54) is 10.9 Å². The van der Waals surface area contributed by atoms with Gasteiger partial charge in [0.05, 0.1) is 16.3 Å². The average Bonchev–Trinajstić information content (AvgIpc) is 2.93. The maximum atomic E-state index is 12.1. The van der Waals surface area contributed by atoms with Crippen molar-refractivity contribution in [2.45, 2.75) is 20.4 Å². The van der Waals surface area contributed by atoms with E-state index in [1.807, 2.05) is 0 Å². The lowest BCUT2D eigenvalue weighted by Gasteiger charge is -2.00. The summed E-state index contributed by atoms with van der Waals surface area (Å²) in [6.45, 7) is 3.96. The lowest BCUT2D eigenvalue weighted by molar-refractivity contribution is -0.385. The molecular formula is C11H14N6O3. The monoisotopic (exact) mass is 278 g/mol. The van der Waals surface area contributed by atoms with Crippen LogP contribution in [0, 0.1) is 17.0 Å². The van der Waals surface area contributed by atoms with Gasteiger partial charge in [0.1, 0.15) is 6.20 Å². The Balaban J connectivity index is 2.31. The molecule has 106 valence electrons. The smallest absolute Gasteiger partial charge is 0.317 e. The van der Waals surface area contributed by atoms with Crippen LogP contribution in [-0.2, 0) is 13.6 Å². The highest BCUT2D eigenvalue weighted by Gasteiger charge is 2.26. The summed E-state index contributed by atoms with van der Waals surface area (Å²) < 4.78 is 2.90. The van der Waals surface area contributed by atoms with Gasteiger partial charge in [-0.3, -0.25) is 24.3 Å². The first-order valence-corrected chi connectivity index (χ1v) is 5.95. The number of nitro groups is 1. The number of aryl methyl sites for hydroxylation is 3. The zero-order valence-electron chi connectivity index (χ0n) is 11.3. The number of anilines is 1. The van der Waals surface area contributed by atoms with Crippen molar-refractivity contribution in [2.75, 3.05) is 5.32 Å². The molecule has 0 fully saturated rings. The van der Waals surface area contributed by atoms with Crippen LogP contribution in [0.1, 0.15) is 23.1 Å². The molecule has 0 radical (unpaired) electrons. The number of hydrogen-bond acceptors (Lipinski definition) is 5. The molecule has 9 nitrogen and oxygen atoms in total. The molecule has 0 saturated carbocycles. The normalized spacial score (nSPS) is 10.6. The Labute approximate surface area is 114 Å². The third-order valence-electron chi connectivity index (χ3n) is 2.74. The summed E-state index contributed by atoms with van der Waals surface area (Å²) in [6.07, 6.45) is 2.86. The number of aromatic nitrogens is 4. The van der Waals surface area contributed by atoms with Crippen molar-refractivity contribution in [3.05, 3.63) is 33.9 Å². The Bertz CT molecular complexity index is 672. The fraction of sp³-hybridized carbons (Fsp3) is 0.364. The molecule has 0 unspecified atom stereocenters. The summed E-state index contributed by atoms with van der Waals surface area (Å²) in [5.41, 5.74) is 0.599. The van der Waals surface area contributed by atoms with E-state index in [0.717, 1.165) is 0 Å². The highest BCUT2D eigenvalue weighted by atomic mass is 16.6. The summed E-state index contributed by atoms with van der Waals surface area (Å²) in [5, 5.41) is 21.5. The molecule has 0 aliphatic rings. The Morgan fingerprint density at radius 3 is 2.65 bits per heavy atom. The van der Waals surface area contributed by atoms with E-state index >= 15 is 0 Å². The molecule has 0 saturated heterocycles. The number of nitrogens with one attached hydrogen (secondary N) is 1. The van der Waals surface area contributed by atoms with Gasteiger partial charge in [-0.1, -0.05) is 0 Å². The van der Waals surface area contributed by atoms with Gasteiger partial charge in [0.25, 0.3) is 5.91 Å². The SMILES string of the molecule is CCn1cc([N+](=O)[O-])c(C(=O)Nc2cn(C)nc2C)n1. The Hall–Kier alpha value is -2.71. The molecule has 20 heavy (non-hydrogen) atoms. The van der Waals surface area contributed by atoms with Gasteiger partial charge >= 0.3 is 5.69 Å². The van der Waals surface area contributed by atoms with Gasteiger partial charge in [-0.05, 0) is 13.8 Å². The summed E-state index contributed by atoms with van der Waals surface area (Å²) in [7, 11) is 1.72. The van der Waals surface area contributed by atoms with Crippen LogP contribution >= 0.6 is 0 Å². The zero-order valence-corrected chi connectivity index (χ0v) is 11.3. The number of hydrogen-bond donors (Lipinski definition) is 1. The number of carbonyl (C=O) groups excluding carboxylic acids is 1. The third kappa shape index (κ3) is 2.51. The van der Waals surface area contributed by atoms with E-state index in [9.17, 15) is 14.9 Å². The van der Waals surface area contributed by atoms with Crippen molar-refractivity contribution in [3.63, 3.8) is 0 Å². The molecule has 0 spiro atoms. The van der Waals surface area contributed by atoms with Crippen molar-refractivity contribution in [3.8, 4) is 0 Å². The second kappa shape index (κ2) is 5.11. The van der Waals surface area contributed by atoms with Gasteiger partial charge in [0.15, 0.2) is 0 Å². The van der Waals surface area contributed by atoms with Crippen molar-refractivity contribution >= 4 is 17.3 Å². The number of carbonyl (C=O) groups is 1. The highest BCUT2D eigenvalue weighted by Crippen LogP contribution is 2.19. The third-order valence-corrected chi connectivity index (χ3v) is 2.74. The Kier molecular flexibility index (Phi) is 3.51. The molecule has 0 bridgehead atoms. The van der Waals surface area contributed by atoms with Crippen molar-refractivity contribution in [2.24, 2.45) is 7.05 Å². The van der Waals surface area contributed by atoms with E-state index in [1.54, 1.807) is 31.8 Å². The molecule has 1 amide bonds. The van der Waals surface area contributed by atoms with Gasteiger partial charge < -0.3 is 5.32 Å². The van der Waals surface area contributed by atoms with Gasteiger partial charge in [-0.2, -0.15) is 10.2 Å². The average molecular weight is 278 g/mol. The molecule has 9 heteroatoms. The van der Waals surface area contributed by atoms with Crippen molar-refractivity contribution in [1.29, 1.82) is 0 Å². The summed E-state index contributed by atoms with van der Waals surface area (Å²) in [5.74, 6) is -0.625. The first-order valence-electron chi connectivity index (χ1n) is 5.95. The molecule has 2 aromatic heterocycles. The first-order chi connectivity index (χ1) is 9.42. The minimum atomic E-state index is -0.625. The summed E-state index contributed by atoms with van der Waals surface area (Å²) >= 11 is 0. The predicted octanol–water partition coefficient (Wildman–Crippen LogP) is 1.11. The summed E-state index contributed by atoms with van der Waals surface area (Å²) in [6, 6.07) is 0. The van der Waals surface area contributed by atoms with E-state index in [2.05, 4.69) is 15.5 Å². The predicted molar refractivity (Wildman–Crippen MR) is 70.5 cm³/mol. The molecule has 0 atom stereocenters. The molecule has 0 aromatic carbocycles. The molecule has 0 aliphatic carbocycles. The molecule has 1 N–H and O–H groups in total. The van der Waals surface area contributed by atoms with Crippen molar-refractivity contribution < 1.29 is 9.72 Å². The zero-order chi connectivity index (χ0) is 14.9. The molecule has 2 rings (SSSR count). The van der Waals surface area contributed by atoms with Crippen LogP contribution in [0.3, 0.4) is 0 Å². The second-order valence-electron chi connectivity index (χ2n) is 4.23. The fourth-order valence-corrected chi connectivity index (χ4v) is 1.77. The Morgan fingerprint density at radius 2 is 2.15 bits per heavy atom. The standard InChI is InChI=1S/C11H14N6O3/c1-4-16-6-9(17(19)20)10(14-16)11(18)12-8-5-15(3)13-7(8)2/h5-6H,4H2,1-3H3,(H,12,18). The number of nitrogens with zero attached hydrogens (tertiary/aromatic N) is 5. The van der Waals surface area contributed by atoms with Crippen molar-refractivity contribution in [1.82, 2.24) is 19.6 Å². The molecule has 2 heterocycles. The minimum absolute atomic E-state index is 0.208. The molecule has 0 aliphatic heterocycles. The minimum Gasteiger partial charge on any atom is -0.317 e. The van der Waals surface area contributed by atoms with E-state index in [0.29, 0.717) is 17.9 Å². The number of rotatable bonds is 4. The quantitative estimate of drug-likeness (QED) is 0.665. The van der Waals surface area contributed by atoms with Crippen LogP contribution in [0.5, 0.6) is 0 Å². The lowest BCUT2D eigenvalue weighted by Crippen LogP contribution is -2.15. The van der Waals surface area contributed by atoms with Crippen LogP contribution in [0.25, 0.3) is 0 Å². The van der Waals surface area contributed by atoms with E-state index in [-0.39, 0.29) is 11.4 Å². The van der Waals surface area contributed by atoms with Crippen LogP contribution in [0.4, 0.5) is 11.4 Å². The van der Waals surface area contributed by atoms with Gasteiger partial charge in [-0.15, -0.1) is 0 Å². The van der Waals surface area contributed by atoms with Gasteiger partial charge in [-0.25, -0.2) is 0 Å². The largest absolute Gasteiger partial charge is 0.320 e. The Morgan fingerprint density at radius 1 is 1.45 bits per heavy atom. The second-order valence-corrected chi connectivity index (χ2v) is 4.23. The summed E-state index contributed by atoms with van der Waals surface area (Å²) in [4.78, 5) is 22.4. The van der Waals surface area contributed by atoms with Crippen LogP contribution in [0.2, 0.25) is 0 Å². The maximum absolute atomic E-state index is 12.1. The fourth-order valence-electron chi connectivity index (χ4n) is 1.77.